The molecule has 0 saturated heterocycles. The monoisotopic (exact) mass is 318 g/mol. The summed E-state index contributed by atoms with van der Waals surface area (Å²) in [5, 5.41) is 29.2. The second-order valence-corrected chi connectivity index (χ2v) is 3.71. The van der Waals surface area contributed by atoms with Crippen molar-refractivity contribution in [3.8, 4) is 6.07 Å². The number of nitro benzene ring substituents is 1. The number of nitriles is 1. The van der Waals surface area contributed by atoms with Crippen LogP contribution in [0.3, 0.4) is 0 Å². The number of hydrogen-bond donors (Lipinski definition) is 3. The van der Waals surface area contributed by atoms with Gasteiger partial charge in [-0.25, -0.2) is 0 Å². The van der Waals surface area contributed by atoms with Crippen LogP contribution in [0.5, 0.6) is 0 Å². The number of halogens is 4. The van der Waals surface area contributed by atoms with Gasteiger partial charge >= 0.3 is 11.9 Å². The number of nitrogens with two attached hydrogens (primary N) is 1. The molecule has 0 radical (unpaired) electrons. The molecule has 0 spiro atoms. The fourth-order valence-corrected chi connectivity index (χ4v) is 1.25. The number of rotatable bonds is 4. The van der Waals surface area contributed by atoms with Gasteiger partial charge < -0.3 is 5.73 Å². The van der Waals surface area contributed by atoms with Crippen molar-refractivity contribution < 1.29 is 22.5 Å². The van der Waals surface area contributed by atoms with Crippen LogP contribution in [0.1, 0.15) is 5.56 Å². The summed E-state index contributed by atoms with van der Waals surface area (Å²) >= 11 is 0. The van der Waals surface area contributed by atoms with E-state index in [1.807, 2.05) is 0 Å². The third-order valence-electron chi connectivity index (χ3n) is 2.23. The van der Waals surface area contributed by atoms with E-state index in [0.717, 1.165) is 0 Å². The minimum absolute atomic E-state index is 0.0282. The second kappa shape index (κ2) is 6.04. The Morgan fingerprint density at radius 2 is 2.09 bits per heavy atom. The number of amidine groups is 1. The largest absolute Gasteiger partial charge is 0.416 e. The van der Waals surface area contributed by atoms with E-state index in [1.165, 1.54) is 6.07 Å². The summed E-state index contributed by atoms with van der Waals surface area (Å²) in [7, 11) is 0. The molecule has 0 atom stereocenters. The zero-order valence-corrected chi connectivity index (χ0v) is 10.4. The lowest BCUT2D eigenvalue weighted by atomic mass is 10.1. The summed E-state index contributed by atoms with van der Waals surface area (Å²) in [6, 6.07) is 1.60. The van der Waals surface area contributed by atoms with Gasteiger partial charge in [-0.1, -0.05) is 0 Å². The van der Waals surface area contributed by atoms with Crippen LogP contribution in [0, 0.1) is 32.7 Å². The second-order valence-electron chi connectivity index (χ2n) is 3.71. The molecule has 0 saturated carbocycles. The van der Waals surface area contributed by atoms with Gasteiger partial charge in [0.05, 0.1) is 16.2 Å². The number of hydrogen-bond acceptors (Lipinski definition) is 6. The van der Waals surface area contributed by atoms with Crippen molar-refractivity contribution >= 4 is 22.9 Å². The Balaban J connectivity index is 3.41. The van der Waals surface area contributed by atoms with Crippen LogP contribution >= 0.6 is 0 Å². The molecule has 12 heteroatoms. The number of nitrogens with one attached hydrogen (secondary N) is 2. The van der Waals surface area contributed by atoms with Crippen molar-refractivity contribution in [2.75, 3.05) is 5.43 Å². The van der Waals surface area contributed by atoms with Crippen molar-refractivity contribution in [3.63, 3.8) is 0 Å². The number of nitrogens with zero attached hydrogens (tertiary/aromatic N) is 3. The van der Waals surface area contributed by atoms with E-state index in [-0.39, 0.29) is 12.1 Å². The molecule has 0 aliphatic carbocycles. The number of anilines is 1. The Labute approximate surface area is 119 Å². The van der Waals surface area contributed by atoms with Crippen molar-refractivity contribution in [1.82, 2.24) is 0 Å². The molecule has 22 heavy (non-hydrogen) atoms. The average Bonchev–Trinajstić information content (AvgIpc) is 2.38. The van der Waals surface area contributed by atoms with Gasteiger partial charge in [-0.2, -0.15) is 27.9 Å². The zero-order chi connectivity index (χ0) is 17.1. The SMILES string of the molecule is N#C/C(=N\Nc1cc(C(F)(F)F)cc([N+](=O)[O-])c1F)C(=N)N. The highest BCUT2D eigenvalue weighted by atomic mass is 19.4. The summed E-state index contributed by atoms with van der Waals surface area (Å²) in [6.45, 7) is 0. The first kappa shape index (κ1) is 16.8. The minimum Gasteiger partial charge on any atom is -0.382 e. The molecule has 1 rings (SSSR count). The van der Waals surface area contributed by atoms with E-state index in [0.29, 0.717) is 0 Å². The van der Waals surface area contributed by atoms with Gasteiger partial charge in [-0.15, -0.1) is 0 Å². The van der Waals surface area contributed by atoms with Gasteiger partial charge in [0.25, 0.3) is 0 Å². The Morgan fingerprint density at radius 1 is 1.50 bits per heavy atom. The van der Waals surface area contributed by atoms with E-state index in [1.54, 1.807) is 5.43 Å². The van der Waals surface area contributed by atoms with Gasteiger partial charge in [-0.05, 0) is 6.07 Å². The summed E-state index contributed by atoms with van der Waals surface area (Å²) < 4.78 is 51.6. The van der Waals surface area contributed by atoms with Gasteiger partial charge in [0.15, 0.2) is 5.84 Å². The van der Waals surface area contributed by atoms with Crippen molar-refractivity contribution in [2.24, 2.45) is 10.8 Å². The Hall–Kier alpha value is -3.23. The van der Waals surface area contributed by atoms with Crippen LogP contribution in [0.15, 0.2) is 17.2 Å². The fourth-order valence-electron chi connectivity index (χ4n) is 1.25. The standard InChI is InChI=1S/C10H6F4N6O2/c11-8-5(18-19-6(3-15)9(16)17)1-4(10(12,13)14)2-7(8)20(21)22/h1-2,18H,(H3,16,17)/b19-6+. The van der Waals surface area contributed by atoms with Crippen LogP contribution in [-0.4, -0.2) is 16.5 Å². The minimum atomic E-state index is -4.96. The van der Waals surface area contributed by atoms with E-state index in [4.69, 9.17) is 16.4 Å². The molecule has 8 nitrogen and oxygen atoms in total. The predicted octanol–water partition coefficient (Wildman–Crippen LogP) is 1.98. The smallest absolute Gasteiger partial charge is 0.382 e. The first-order valence-electron chi connectivity index (χ1n) is 5.21. The van der Waals surface area contributed by atoms with E-state index in [2.05, 4.69) is 5.10 Å². The lowest BCUT2D eigenvalue weighted by Crippen LogP contribution is -2.22. The summed E-state index contributed by atoms with van der Waals surface area (Å²) in [4.78, 5) is 9.25. The molecular formula is C10H6F4N6O2. The normalized spacial score (nSPS) is 11.7. The highest BCUT2D eigenvalue weighted by molar-refractivity contribution is 6.45. The topological polar surface area (TPSA) is 141 Å². The molecule has 0 unspecified atom stereocenters. The molecule has 116 valence electrons. The third kappa shape index (κ3) is 3.66. The van der Waals surface area contributed by atoms with Crippen molar-refractivity contribution in [1.29, 1.82) is 10.7 Å². The van der Waals surface area contributed by atoms with E-state index < -0.39 is 45.4 Å². The molecule has 0 heterocycles. The molecule has 0 amide bonds. The van der Waals surface area contributed by atoms with Crippen LogP contribution in [0.25, 0.3) is 0 Å². The fraction of sp³-hybridized carbons (Fsp3) is 0.100. The molecule has 1 aromatic carbocycles. The summed E-state index contributed by atoms with van der Waals surface area (Å²) in [5.74, 6) is -2.43. The number of hydrazone groups is 1. The molecule has 0 aliphatic heterocycles. The van der Waals surface area contributed by atoms with Gasteiger partial charge in [-0.3, -0.25) is 20.9 Å². The average molecular weight is 318 g/mol. The number of benzene rings is 1. The third-order valence-corrected chi connectivity index (χ3v) is 2.23. The number of alkyl halides is 3. The molecule has 4 N–H and O–H groups in total. The highest BCUT2D eigenvalue weighted by Crippen LogP contribution is 2.36. The molecule has 0 aromatic heterocycles. The lowest BCUT2D eigenvalue weighted by Gasteiger charge is -2.10. The highest BCUT2D eigenvalue weighted by Gasteiger charge is 2.35. The predicted molar refractivity (Wildman–Crippen MR) is 66.6 cm³/mol. The van der Waals surface area contributed by atoms with Gasteiger partial charge in [0.2, 0.25) is 11.5 Å². The number of nitro groups is 1. The van der Waals surface area contributed by atoms with E-state index >= 15 is 0 Å². The lowest BCUT2D eigenvalue weighted by molar-refractivity contribution is -0.387. The summed E-state index contributed by atoms with van der Waals surface area (Å²) in [5.41, 5.74) is 2.02. The van der Waals surface area contributed by atoms with Gasteiger partial charge in [0, 0.05) is 6.07 Å². The van der Waals surface area contributed by atoms with Crippen LogP contribution in [0.4, 0.5) is 28.9 Å². The molecule has 0 aliphatic rings. The van der Waals surface area contributed by atoms with E-state index in [9.17, 15) is 27.7 Å². The molecule has 0 fully saturated rings. The van der Waals surface area contributed by atoms with Crippen LogP contribution < -0.4 is 11.2 Å². The maximum atomic E-state index is 13.7. The van der Waals surface area contributed by atoms with Crippen LogP contribution in [-0.2, 0) is 6.18 Å². The van der Waals surface area contributed by atoms with Crippen molar-refractivity contribution in [3.05, 3.63) is 33.6 Å². The zero-order valence-electron chi connectivity index (χ0n) is 10.4. The molecule has 0 bridgehead atoms. The molecular weight excluding hydrogens is 312 g/mol. The van der Waals surface area contributed by atoms with Gasteiger partial charge in [0.1, 0.15) is 6.07 Å². The van der Waals surface area contributed by atoms with Crippen LogP contribution in [0.2, 0.25) is 0 Å². The summed E-state index contributed by atoms with van der Waals surface area (Å²) in [6.07, 6.45) is -4.96. The maximum absolute atomic E-state index is 13.7. The Kier molecular flexibility index (Phi) is 4.62. The molecule has 1 aromatic rings. The first-order valence-corrected chi connectivity index (χ1v) is 5.21. The van der Waals surface area contributed by atoms with Crippen molar-refractivity contribution in [2.45, 2.75) is 6.18 Å². The Morgan fingerprint density at radius 3 is 2.50 bits per heavy atom. The quantitative estimate of drug-likeness (QED) is 0.256. The maximum Gasteiger partial charge on any atom is 0.416 e. The Bertz CT molecular complexity index is 707. The first-order chi connectivity index (χ1) is 10.1.